The first-order chi connectivity index (χ1) is 12.1. The number of hydrazine groups is 1. The number of hydrogen-bond donors (Lipinski definition) is 2. The van der Waals surface area contributed by atoms with Crippen LogP contribution in [0, 0.1) is 0 Å². The molecule has 0 aromatic heterocycles. The van der Waals surface area contributed by atoms with Crippen molar-refractivity contribution in [2.24, 2.45) is 0 Å². The number of carbonyl (C=O) groups excluding carboxylic acids is 2. The topological polar surface area (TPSA) is 67.4 Å². The number of nitrogens with one attached hydrogen (secondary N) is 2. The summed E-state index contributed by atoms with van der Waals surface area (Å²) >= 11 is 0. The fraction of sp³-hybridized carbons (Fsp3) is 0.300. The van der Waals surface area contributed by atoms with E-state index in [9.17, 15) is 9.59 Å². The highest BCUT2D eigenvalue weighted by molar-refractivity contribution is 5.95. The Labute approximate surface area is 148 Å². The molecule has 0 bridgehead atoms. The van der Waals surface area contributed by atoms with Gasteiger partial charge in [0.15, 0.2) is 0 Å². The molecule has 2 amide bonds. The van der Waals surface area contributed by atoms with Crippen molar-refractivity contribution in [1.29, 1.82) is 0 Å². The van der Waals surface area contributed by atoms with Gasteiger partial charge in [0, 0.05) is 5.56 Å². The second-order valence-corrected chi connectivity index (χ2v) is 5.83. The van der Waals surface area contributed by atoms with Gasteiger partial charge in [0.1, 0.15) is 5.75 Å². The van der Waals surface area contributed by atoms with Crippen LogP contribution in [0.15, 0.2) is 48.5 Å². The molecule has 0 saturated carbocycles. The van der Waals surface area contributed by atoms with Gasteiger partial charge in [-0.3, -0.25) is 20.4 Å². The molecule has 0 heterocycles. The van der Waals surface area contributed by atoms with Crippen molar-refractivity contribution >= 4 is 11.8 Å². The Bertz CT molecular complexity index is 694. The Morgan fingerprint density at radius 1 is 0.920 bits per heavy atom. The number of aryl methyl sites for hydroxylation is 1. The average Bonchev–Trinajstić information content (AvgIpc) is 2.65. The summed E-state index contributed by atoms with van der Waals surface area (Å²) in [5, 5.41) is 0. The van der Waals surface area contributed by atoms with Crippen LogP contribution >= 0.6 is 0 Å². The van der Waals surface area contributed by atoms with Gasteiger partial charge in [-0.25, -0.2) is 0 Å². The predicted molar refractivity (Wildman–Crippen MR) is 97.4 cm³/mol. The molecule has 0 saturated heterocycles. The molecule has 5 heteroatoms. The molecular formula is C20H24N2O3. The van der Waals surface area contributed by atoms with Gasteiger partial charge in [0.25, 0.3) is 5.91 Å². The van der Waals surface area contributed by atoms with E-state index in [1.54, 1.807) is 31.4 Å². The summed E-state index contributed by atoms with van der Waals surface area (Å²) in [5.41, 5.74) is 7.49. The fourth-order valence-electron chi connectivity index (χ4n) is 2.38. The van der Waals surface area contributed by atoms with Gasteiger partial charge in [-0.15, -0.1) is 0 Å². The van der Waals surface area contributed by atoms with Crippen molar-refractivity contribution in [2.75, 3.05) is 7.11 Å². The lowest BCUT2D eigenvalue weighted by molar-refractivity contribution is -0.121. The molecule has 0 unspecified atom stereocenters. The Kier molecular flexibility index (Phi) is 7.01. The lowest BCUT2D eigenvalue weighted by Crippen LogP contribution is -2.42. The zero-order chi connectivity index (χ0) is 18.1. The second-order valence-electron chi connectivity index (χ2n) is 5.83. The molecule has 0 aliphatic heterocycles. The van der Waals surface area contributed by atoms with Crippen molar-refractivity contribution in [3.05, 3.63) is 65.2 Å². The Morgan fingerprint density at radius 3 is 2.16 bits per heavy atom. The van der Waals surface area contributed by atoms with Crippen LogP contribution in [-0.2, 0) is 17.6 Å². The van der Waals surface area contributed by atoms with Gasteiger partial charge in [0.05, 0.1) is 13.5 Å². The Morgan fingerprint density at radius 2 is 1.56 bits per heavy atom. The molecule has 25 heavy (non-hydrogen) atoms. The first-order valence-corrected chi connectivity index (χ1v) is 8.43. The number of benzene rings is 2. The van der Waals surface area contributed by atoms with Crippen LogP contribution in [0.5, 0.6) is 5.75 Å². The van der Waals surface area contributed by atoms with Crippen molar-refractivity contribution < 1.29 is 14.3 Å². The zero-order valence-electron chi connectivity index (χ0n) is 14.7. The van der Waals surface area contributed by atoms with E-state index in [0.717, 1.165) is 24.8 Å². The van der Waals surface area contributed by atoms with E-state index in [0.29, 0.717) is 11.3 Å². The lowest BCUT2D eigenvalue weighted by atomic mass is 10.0. The van der Waals surface area contributed by atoms with E-state index >= 15 is 0 Å². The van der Waals surface area contributed by atoms with E-state index in [4.69, 9.17) is 4.74 Å². The standard InChI is InChI=1S/C20H24N2O3/c1-3-4-5-15-6-8-16(9-7-15)14-19(23)21-22-20(24)17-10-12-18(25-2)13-11-17/h6-13H,3-5,14H2,1-2H3,(H,21,23)(H,22,24). The summed E-state index contributed by atoms with van der Waals surface area (Å²) in [6.07, 6.45) is 3.60. The molecular weight excluding hydrogens is 316 g/mol. The molecule has 0 spiro atoms. The number of methoxy groups -OCH3 is 1. The monoisotopic (exact) mass is 340 g/mol. The van der Waals surface area contributed by atoms with Gasteiger partial charge in [-0.2, -0.15) is 0 Å². The Hall–Kier alpha value is -2.82. The molecule has 0 fully saturated rings. The van der Waals surface area contributed by atoms with Crippen LogP contribution in [0.1, 0.15) is 41.3 Å². The molecule has 2 aromatic carbocycles. The number of carbonyl (C=O) groups is 2. The highest BCUT2D eigenvalue weighted by Crippen LogP contribution is 2.11. The third kappa shape index (κ3) is 5.95. The SMILES string of the molecule is CCCCc1ccc(CC(=O)NNC(=O)c2ccc(OC)cc2)cc1. The first kappa shape index (κ1) is 18.5. The molecule has 132 valence electrons. The Balaban J connectivity index is 1.80. The predicted octanol–water partition coefficient (Wildman–Crippen LogP) is 3.04. The molecule has 0 atom stereocenters. The summed E-state index contributed by atoms with van der Waals surface area (Å²) in [6, 6.07) is 14.7. The van der Waals surface area contributed by atoms with Gasteiger partial charge in [0.2, 0.25) is 5.91 Å². The fourth-order valence-corrected chi connectivity index (χ4v) is 2.38. The molecule has 0 aliphatic carbocycles. The zero-order valence-corrected chi connectivity index (χ0v) is 14.7. The number of ether oxygens (including phenoxy) is 1. The average molecular weight is 340 g/mol. The van der Waals surface area contributed by atoms with Crippen LogP contribution in [0.25, 0.3) is 0 Å². The quantitative estimate of drug-likeness (QED) is 0.761. The van der Waals surface area contributed by atoms with E-state index in [1.165, 1.54) is 5.56 Å². The lowest BCUT2D eigenvalue weighted by Gasteiger charge is -2.08. The third-order valence-corrected chi connectivity index (χ3v) is 3.87. The highest BCUT2D eigenvalue weighted by Gasteiger charge is 2.08. The molecule has 2 N–H and O–H groups in total. The van der Waals surface area contributed by atoms with Crippen LogP contribution < -0.4 is 15.6 Å². The van der Waals surface area contributed by atoms with Gasteiger partial charge in [-0.05, 0) is 48.2 Å². The smallest absolute Gasteiger partial charge is 0.269 e. The van der Waals surface area contributed by atoms with Crippen molar-refractivity contribution in [2.45, 2.75) is 32.6 Å². The minimum atomic E-state index is -0.370. The van der Waals surface area contributed by atoms with Crippen molar-refractivity contribution in [3.63, 3.8) is 0 Å². The third-order valence-electron chi connectivity index (χ3n) is 3.87. The van der Waals surface area contributed by atoms with E-state index < -0.39 is 0 Å². The molecule has 5 nitrogen and oxygen atoms in total. The van der Waals surface area contributed by atoms with E-state index in [2.05, 4.69) is 17.8 Å². The van der Waals surface area contributed by atoms with Crippen LogP contribution in [-0.4, -0.2) is 18.9 Å². The van der Waals surface area contributed by atoms with Crippen molar-refractivity contribution in [3.8, 4) is 5.75 Å². The number of amides is 2. The van der Waals surface area contributed by atoms with Crippen LogP contribution in [0.4, 0.5) is 0 Å². The van der Waals surface area contributed by atoms with Gasteiger partial charge < -0.3 is 4.74 Å². The summed E-state index contributed by atoms with van der Waals surface area (Å²) in [7, 11) is 1.56. The van der Waals surface area contributed by atoms with Crippen LogP contribution in [0.2, 0.25) is 0 Å². The normalized spacial score (nSPS) is 10.2. The first-order valence-electron chi connectivity index (χ1n) is 8.43. The largest absolute Gasteiger partial charge is 0.497 e. The van der Waals surface area contributed by atoms with Gasteiger partial charge >= 0.3 is 0 Å². The van der Waals surface area contributed by atoms with Crippen molar-refractivity contribution in [1.82, 2.24) is 10.9 Å². The summed E-state index contributed by atoms with van der Waals surface area (Å²) in [4.78, 5) is 23.9. The summed E-state index contributed by atoms with van der Waals surface area (Å²) in [6.45, 7) is 2.17. The maximum atomic E-state index is 12.0. The van der Waals surface area contributed by atoms with E-state index in [1.807, 2.05) is 24.3 Å². The van der Waals surface area contributed by atoms with Gasteiger partial charge in [-0.1, -0.05) is 37.6 Å². The van der Waals surface area contributed by atoms with E-state index in [-0.39, 0.29) is 18.2 Å². The van der Waals surface area contributed by atoms with Crippen LogP contribution in [0.3, 0.4) is 0 Å². The second kappa shape index (κ2) is 9.47. The summed E-state index contributed by atoms with van der Waals surface area (Å²) in [5.74, 6) is 0.0389. The minimum Gasteiger partial charge on any atom is -0.497 e. The maximum Gasteiger partial charge on any atom is 0.269 e. The summed E-state index contributed by atoms with van der Waals surface area (Å²) < 4.78 is 5.04. The molecule has 2 aromatic rings. The minimum absolute atomic E-state index is 0.219. The maximum absolute atomic E-state index is 12.0. The highest BCUT2D eigenvalue weighted by atomic mass is 16.5. The number of unbranched alkanes of at least 4 members (excludes halogenated alkanes) is 1. The number of hydrogen-bond acceptors (Lipinski definition) is 3. The molecule has 0 radical (unpaired) electrons. The molecule has 2 rings (SSSR count). The number of rotatable bonds is 7. The molecule has 0 aliphatic rings.